The molecule has 7 N–H and O–H groups in total. The van der Waals surface area contributed by atoms with Crippen molar-refractivity contribution in [2.45, 2.75) is 97.2 Å². The fraction of sp³-hybridized carbons (Fsp3) is 0.645. The molecule has 0 aromatic carbocycles. The zero-order chi connectivity index (χ0) is 37.1. The number of rotatable bonds is 21. The van der Waals surface area contributed by atoms with Gasteiger partial charge in [0.25, 0.3) is 11.8 Å². The van der Waals surface area contributed by atoms with Crippen LogP contribution < -0.4 is 16.0 Å². The van der Waals surface area contributed by atoms with E-state index in [-0.39, 0.29) is 101 Å². The van der Waals surface area contributed by atoms with Crippen molar-refractivity contribution in [1.29, 1.82) is 0 Å². The minimum Gasteiger partial charge on any atom is -0.464 e. The van der Waals surface area contributed by atoms with Gasteiger partial charge in [-0.25, -0.2) is 20.0 Å². The Hall–Kier alpha value is -3.87. The predicted octanol–water partition coefficient (Wildman–Crippen LogP) is -0.306. The maximum atomic E-state index is 12.6. The summed E-state index contributed by atoms with van der Waals surface area (Å²) in [5.41, 5.74) is 1.06. The molecule has 1 saturated heterocycles. The van der Waals surface area contributed by atoms with Crippen molar-refractivity contribution >= 4 is 41.4 Å². The molecular weight excluding hydrogens is 704 g/mol. The van der Waals surface area contributed by atoms with E-state index < -0.39 is 59.5 Å². The first kappa shape index (κ1) is 46.1. The van der Waals surface area contributed by atoms with Crippen molar-refractivity contribution < 1.29 is 76.1 Å². The molecule has 284 valence electrons. The number of carbonyl (C=O) groups excluding carboxylic acids is 7. The molecule has 1 rings (SSSR count). The molecule has 0 bridgehead atoms. The first-order valence-corrected chi connectivity index (χ1v) is 16.0. The van der Waals surface area contributed by atoms with Crippen LogP contribution in [0.15, 0.2) is 23.3 Å². The second kappa shape index (κ2) is 24.3. The Morgan fingerprint density at radius 2 is 1.24 bits per heavy atom. The Kier molecular flexibility index (Phi) is 22.4. The number of piperazine rings is 1. The third-order valence-electron chi connectivity index (χ3n) is 7.38. The average molecular weight is 755 g/mol. The van der Waals surface area contributed by atoms with Gasteiger partial charge in [-0.2, -0.15) is 0 Å². The summed E-state index contributed by atoms with van der Waals surface area (Å²) >= 11 is 0. The summed E-state index contributed by atoms with van der Waals surface area (Å²) in [4.78, 5) is 84.5. The molecule has 0 saturated carbocycles. The van der Waals surface area contributed by atoms with Crippen LogP contribution in [0.1, 0.15) is 79.1 Å². The Balaban J connectivity index is 0.0000240. The van der Waals surface area contributed by atoms with Crippen LogP contribution in [-0.2, 0) is 55.4 Å². The van der Waals surface area contributed by atoms with Crippen LogP contribution in [0.5, 0.6) is 0 Å². The number of hydroxylamine groups is 6. The van der Waals surface area contributed by atoms with Gasteiger partial charge in [-0.3, -0.25) is 44.4 Å². The summed E-state index contributed by atoms with van der Waals surface area (Å²) < 4.78 is 5.24. The van der Waals surface area contributed by atoms with Crippen molar-refractivity contribution in [2.24, 2.45) is 0 Å². The third-order valence-corrected chi connectivity index (χ3v) is 7.38. The number of amides is 6. The molecule has 1 aliphatic heterocycles. The number of aliphatic hydroxyl groups is 1. The van der Waals surface area contributed by atoms with Gasteiger partial charge in [0.1, 0.15) is 18.1 Å². The molecule has 50 heavy (non-hydrogen) atoms. The molecule has 0 aromatic rings. The van der Waals surface area contributed by atoms with Gasteiger partial charge in [-0.15, -0.1) is 0 Å². The molecule has 0 radical (unpaired) electrons. The number of nitrogens with one attached hydrogen (secondary N) is 3. The van der Waals surface area contributed by atoms with Gasteiger partial charge < -0.3 is 25.8 Å². The smallest absolute Gasteiger partial charge is 0.328 e. The fourth-order valence-electron chi connectivity index (χ4n) is 4.59. The molecule has 0 aromatic heterocycles. The van der Waals surface area contributed by atoms with Crippen LogP contribution in [0.25, 0.3) is 0 Å². The summed E-state index contributed by atoms with van der Waals surface area (Å²) in [6.07, 6.45) is 3.80. The minimum atomic E-state index is -1.04. The zero-order valence-electron chi connectivity index (χ0n) is 28.8. The molecule has 1 fully saturated rings. The molecular formula is C31H50FeN6O12. The predicted molar refractivity (Wildman–Crippen MR) is 170 cm³/mol. The van der Waals surface area contributed by atoms with Gasteiger partial charge in [0.05, 0.1) is 6.61 Å². The normalized spacial score (nSPS) is 16.6. The first-order valence-electron chi connectivity index (χ1n) is 16.0. The van der Waals surface area contributed by atoms with E-state index in [2.05, 4.69) is 16.0 Å². The van der Waals surface area contributed by atoms with Crippen LogP contribution in [0.4, 0.5) is 0 Å². The van der Waals surface area contributed by atoms with Crippen molar-refractivity contribution in [2.75, 3.05) is 32.8 Å². The van der Waals surface area contributed by atoms with Crippen LogP contribution in [0, 0.1) is 0 Å². The van der Waals surface area contributed by atoms with Crippen LogP contribution in [-0.4, -0.2) is 128 Å². The number of hydrogen-bond acceptors (Lipinski definition) is 12. The van der Waals surface area contributed by atoms with E-state index >= 15 is 0 Å². The van der Waals surface area contributed by atoms with E-state index in [1.165, 1.54) is 19.9 Å². The topological polar surface area (TPSA) is 255 Å². The minimum absolute atomic E-state index is 0. The zero-order valence-corrected chi connectivity index (χ0v) is 29.9. The third kappa shape index (κ3) is 18.2. The van der Waals surface area contributed by atoms with E-state index in [0.29, 0.717) is 26.3 Å². The van der Waals surface area contributed by atoms with Gasteiger partial charge in [-0.1, -0.05) is 11.1 Å². The van der Waals surface area contributed by atoms with Gasteiger partial charge >= 0.3 is 5.97 Å². The summed E-state index contributed by atoms with van der Waals surface area (Å²) in [5.74, 6) is -4.04. The number of carbonyl (C=O) groups is 7. The van der Waals surface area contributed by atoms with Gasteiger partial charge in [-0.05, 0) is 58.8 Å². The summed E-state index contributed by atoms with van der Waals surface area (Å²) in [5, 5.41) is 47.6. The van der Waals surface area contributed by atoms with Gasteiger partial charge in [0.2, 0.25) is 23.6 Å². The molecule has 3 unspecified atom stereocenters. The SMILES string of the molecule is CC(=O)NC(CCCN(O)C(=O)/C=C(\C)CCO)C(=O)OCC/C(C)=C\C(=O)N(O)CCCC1NC(=O)C(CCCN(O)C(C)=O)NC1=O.[Fe]. The molecule has 19 heteroatoms. The number of nitrogens with zero attached hydrogens (tertiary/aromatic N) is 3. The largest absolute Gasteiger partial charge is 0.464 e. The van der Waals surface area contributed by atoms with E-state index in [1.54, 1.807) is 13.8 Å². The maximum Gasteiger partial charge on any atom is 0.328 e. The van der Waals surface area contributed by atoms with E-state index in [1.807, 2.05) is 0 Å². The molecule has 6 amide bonds. The van der Waals surface area contributed by atoms with E-state index in [9.17, 15) is 49.2 Å². The molecule has 1 heterocycles. The fourth-order valence-corrected chi connectivity index (χ4v) is 4.59. The van der Waals surface area contributed by atoms with Crippen LogP contribution >= 0.6 is 0 Å². The molecule has 0 spiro atoms. The summed E-state index contributed by atoms with van der Waals surface area (Å²) in [6.45, 7) is 5.12. The quantitative estimate of drug-likeness (QED) is 0.0262. The van der Waals surface area contributed by atoms with E-state index in [0.717, 1.165) is 6.08 Å². The van der Waals surface area contributed by atoms with Crippen molar-refractivity contribution in [3.05, 3.63) is 23.3 Å². The Morgan fingerprint density at radius 1 is 0.780 bits per heavy atom. The number of hydrogen-bond donors (Lipinski definition) is 7. The van der Waals surface area contributed by atoms with Crippen LogP contribution in [0.2, 0.25) is 0 Å². The standard InChI is InChI=1S/C31H50N6O12.Fe/c1-20(11-16-38)18-27(41)37(48)15-7-10-26(32-22(3)39)31(45)49-17-12-21(2)19-28(42)36(47)14-6-9-25-30(44)33-24(29(43)34-25)8-5-13-35(46)23(4)40;/h18-19,24-26,38,46-48H,5-17H2,1-4H3,(H,32,39)(H,33,44)(H,34,43);/b20-18+,21-19-;. The Bertz CT molecular complexity index is 1250. The van der Waals surface area contributed by atoms with E-state index in [4.69, 9.17) is 9.84 Å². The number of aliphatic hydroxyl groups excluding tert-OH is 1. The van der Waals surface area contributed by atoms with Crippen molar-refractivity contribution in [1.82, 2.24) is 31.1 Å². The monoisotopic (exact) mass is 754 g/mol. The Morgan fingerprint density at radius 3 is 1.70 bits per heavy atom. The molecule has 1 aliphatic rings. The molecule has 18 nitrogen and oxygen atoms in total. The first-order chi connectivity index (χ1) is 23.0. The number of ether oxygens (including phenoxy) is 1. The van der Waals surface area contributed by atoms with Gasteiger partial charge in [0, 0.05) is 75.7 Å². The second-order valence-electron chi connectivity index (χ2n) is 11.7. The summed E-state index contributed by atoms with van der Waals surface area (Å²) in [6, 6.07) is -2.71. The summed E-state index contributed by atoms with van der Waals surface area (Å²) in [7, 11) is 0. The molecule has 0 aliphatic carbocycles. The van der Waals surface area contributed by atoms with Crippen molar-refractivity contribution in [3.63, 3.8) is 0 Å². The maximum absolute atomic E-state index is 12.6. The average Bonchev–Trinajstić information content (AvgIpc) is 3.01. The van der Waals surface area contributed by atoms with Gasteiger partial charge in [0.15, 0.2) is 0 Å². The number of esters is 1. The van der Waals surface area contributed by atoms with Crippen LogP contribution in [0.3, 0.4) is 0 Å². The second-order valence-corrected chi connectivity index (χ2v) is 11.7. The Labute approximate surface area is 301 Å². The molecule has 3 atom stereocenters. The van der Waals surface area contributed by atoms with Crippen molar-refractivity contribution in [3.8, 4) is 0 Å².